The minimum atomic E-state index is 0.0474. The topological polar surface area (TPSA) is 55.7 Å². The Hall–Kier alpha value is -1.26. The third-order valence-corrected chi connectivity index (χ3v) is 3.44. The summed E-state index contributed by atoms with van der Waals surface area (Å²) in [5, 5.41) is 22.6. The van der Waals surface area contributed by atoms with Crippen molar-refractivity contribution in [2.24, 2.45) is 0 Å². The molecule has 1 aromatic carbocycles. The Kier molecular flexibility index (Phi) is 6.12. The lowest BCUT2D eigenvalue weighted by Gasteiger charge is -2.26. The van der Waals surface area contributed by atoms with E-state index in [0.717, 1.165) is 25.2 Å². The molecule has 2 unspecified atom stereocenters. The molecular formula is C15H26N2O2. The van der Waals surface area contributed by atoms with E-state index in [-0.39, 0.29) is 17.5 Å². The lowest BCUT2D eigenvalue weighted by molar-refractivity contribution is 0.263. The van der Waals surface area contributed by atoms with Gasteiger partial charge in [0.1, 0.15) is 11.5 Å². The van der Waals surface area contributed by atoms with Crippen molar-refractivity contribution >= 4 is 0 Å². The second kappa shape index (κ2) is 7.36. The third-order valence-electron chi connectivity index (χ3n) is 3.44. The maximum atomic E-state index is 9.84. The van der Waals surface area contributed by atoms with Gasteiger partial charge in [0.2, 0.25) is 0 Å². The minimum absolute atomic E-state index is 0.0474. The molecule has 0 aromatic heterocycles. The number of benzene rings is 1. The number of aromatic hydroxyl groups is 2. The number of nitrogens with zero attached hydrogens (tertiary/aromatic N) is 1. The fraction of sp³-hybridized carbons (Fsp3) is 0.600. The number of phenols is 2. The van der Waals surface area contributed by atoms with Gasteiger partial charge in [0.05, 0.1) is 0 Å². The summed E-state index contributed by atoms with van der Waals surface area (Å²) in [7, 11) is 0. The zero-order chi connectivity index (χ0) is 14.4. The number of phenolic OH excluding ortho intramolecular Hbond substituents is 2. The van der Waals surface area contributed by atoms with Crippen molar-refractivity contribution in [1.29, 1.82) is 0 Å². The van der Waals surface area contributed by atoms with Crippen molar-refractivity contribution in [2.75, 3.05) is 19.6 Å². The highest BCUT2D eigenvalue weighted by Crippen LogP contribution is 2.27. The fourth-order valence-corrected chi connectivity index (χ4v) is 2.34. The first-order valence-corrected chi connectivity index (χ1v) is 6.98. The Morgan fingerprint density at radius 1 is 1.16 bits per heavy atom. The van der Waals surface area contributed by atoms with E-state index >= 15 is 0 Å². The van der Waals surface area contributed by atoms with E-state index in [1.54, 1.807) is 12.1 Å². The molecule has 4 heteroatoms. The smallest absolute Gasteiger partial charge is 0.124 e. The first-order valence-electron chi connectivity index (χ1n) is 6.98. The van der Waals surface area contributed by atoms with Crippen molar-refractivity contribution in [3.63, 3.8) is 0 Å². The summed E-state index contributed by atoms with van der Waals surface area (Å²) in [4.78, 5) is 2.36. The summed E-state index contributed by atoms with van der Waals surface area (Å²) in [6.45, 7) is 11.5. The second-order valence-electron chi connectivity index (χ2n) is 5.02. The van der Waals surface area contributed by atoms with Gasteiger partial charge in [-0.2, -0.15) is 0 Å². The molecule has 0 saturated heterocycles. The molecule has 3 N–H and O–H groups in total. The molecule has 0 radical (unpaired) electrons. The molecule has 0 aliphatic heterocycles. The molecule has 0 amide bonds. The van der Waals surface area contributed by atoms with E-state index in [1.165, 1.54) is 6.07 Å². The normalized spacial score (nSPS) is 14.6. The molecule has 0 spiro atoms. The van der Waals surface area contributed by atoms with Gasteiger partial charge in [-0.15, -0.1) is 0 Å². The number of likely N-dealkylation sites (N-methyl/N-ethyl adjacent to an activating group) is 1. The van der Waals surface area contributed by atoms with Gasteiger partial charge in [0, 0.05) is 30.3 Å². The summed E-state index contributed by atoms with van der Waals surface area (Å²) in [5.41, 5.74) is 0.809. The number of nitrogens with one attached hydrogen (secondary N) is 1. The Bertz CT molecular complexity index is 392. The Balaban J connectivity index is 2.61. The van der Waals surface area contributed by atoms with Crippen LogP contribution in [0.4, 0.5) is 0 Å². The first kappa shape index (κ1) is 15.8. The summed E-state index contributed by atoms with van der Waals surface area (Å²) in [6, 6.07) is 5.12. The van der Waals surface area contributed by atoms with E-state index in [1.807, 2.05) is 6.92 Å². The number of hydrogen-bond donors (Lipinski definition) is 3. The molecule has 0 saturated carbocycles. The molecule has 2 atom stereocenters. The lowest BCUT2D eigenvalue weighted by atomic mass is 10.1. The molecule has 4 nitrogen and oxygen atoms in total. The van der Waals surface area contributed by atoms with Crippen LogP contribution in [0.2, 0.25) is 0 Å². The highest BCUT2D eigenvalue weighted by atomic mass is 16.3. The largest absolute Gasteiger partial charge is 0.508 e. The van der Waals surface area contributed by atoms with Crippen LogP contribution in [-0.4, -0.2) is 40.8 Å². The standard InChI is InChI=1S/C15H26N2O2/c1-5-17(6-2)10-11(3)16-12(4)14-8-7-13(18)9-15(14)19/h7-9,11-12,16,18-19H,5-6,10H2,1-4H3. The van der Waals surface area contributed by atoms with Crippen molar-refractivity contribution in [1.82, 2.24) is 10.2 Å². The van der Waals surface area contributed by atoms with Gasteiger partial charge in [-0.3, -0.25) is 0 Å². The van der Waals surface area contributed by atoms with Crippen LogP contribution in [0.25, 0.3) is 0 Å². The van der Waals surface area contributed by atoms with Crippen LogP contribution in [0.3, 0.4) is 0 Å². The van der Waals surface area contributed by atoms with E-state index in [0.29, 0.717) is 6.04 Å². The average molecular weight is 266 g/mol. The summed E-state index contributed by atoms with van der Waals surface area (Å²) < 4.78 is 0. The van der Waals surface area contributed by atoms with E-state index < -0.39 is 0 Å². The van der Waals surface area contributed by atoms with E-state index in [2.05, 4.69) is 31.0 Å². The van der Waals surface area contributed by atoms with Crippen LogP contribution >= 0.6 is 0 Å². The quantitative estimate of drug-likeness (QED) is 0.709. The monoisotopic (exact) mass is 266 g/mol. The maximum Gasteiger partial charge on any atom is 0.124 e. The summed E-state index contributed by atoms with van der Waals surface area (Å²) >= 11 is 0. The number of hydrogen-bond acceptors (Lipinski definition) is 4. The van der Waals surface area contributed by atoms with Crippen LogP contribution in [-0.2, 0) is 0 Å². The van der Waals surface area contributed by atoms with Crippen LogP contribution < -0.4 is 5.32 Å². The third kappa shape index (κ3) is 4.73. The van der Waals surface area contributed by atoms with Crippen molar-refractivity contribution in [3.8, 4) is 11.5 Å². The Morgan fingerprint density at radius 3 is 2.32 bits per heavy atom. The predicted octanol–water partition coefficient (Wildman–Crippen LogP) is 2.48. The van der Waals surface area contributed by atoms with Gasteiger partial charge in [0.15, 0.2) is 0 Å². The van der Waals surface area contributed by atoms with Crippen LogP contribution in [0.1, 0.15) is 39.3 Å². The van der Waals surface area contributed by atoms with Crippen molar-refractivity contribution in [2.45, 2.75) is 39.8 Å². The molecular weight excluding hydrogens is 240 g/mol. The van der Waals surface area contributed by atoms with Gasteiger partial charge in [-0.1, -0.05) is 19.9 Å². The maximum absolute atomic E-state index is 9.84. The molecule has 0 aliphatic carbocycles. The minimum Gasteiger partial charge on any atom is -0.508 e. The second-order valence-corrected chi connectivity index (χ2v) is 5.02. The molecule has 19 heavy (non-hydrogen) atoms. The zero-order valence-corrected chi connectivity index (χ0v) is 12.3. The Morgan fingerprint density at radius 2 is 1.79 bits per heavy atom. The van der Waals surface area contributed by atoms with Crippen LogP contribution in [0, 0.1) is 0 Å². The van der Waals surface area contributed by atoms with Crippen molar-refractivity contribution < 1.29 is 10.2 Å². The number of rotatable bonds is 7. The van der Waals surface area contributed by atoms with Crippen LogP contribution in [0.15, 0.2) is 18.2 Å². The van der Waals surface area contributed by atoms with Crippen molar-refractivity contribution in [3.05, 3.63) is 23.8 Å². The fourth-order valence-electron chi connectivity index (χ4n) is 2.34. The van der Waals surface area contributed by atoms with Gasteiger partial charge in [-0.25, -0.2) is 0 Å². The molecule has 0 fully saturated rings. The van der Waals surface area contributed by atoms with Gasteiger partial charge < -0.3 is 20.4 Å². The van der Waals surface area contributed by atoms with Gasteiger partial charge >= 0.3 is 0 Å². The van der Waals surface area contributed by atoms with Gasteiger partial charge in [0.25, 0.3) is 0 Å². The summed E-state index contributed by atoms with van der Waals surface area (Å²) in [5.74, 6) is 0.222. The average Bonchev–Trinajstić information content (AvgIpc) is 2.35. The summed E-state index contributed by atoms with van der Waals surface area (Å²) in [6.07, 6.45) is 0. The molecule has 0 bridgehead atoms. The predicted molar refractivity (Wildman–Crippen MR) is 78.6 cm³/mol. The highest BCUT2D eigenvalue weighted by molar-refractivity contribution is 5.40. The zero-order valence-electron chi connectivity index (χ0n) is 12.3. The molecule has 108 valence electrons. The molecule has 1 aromatic rings. The first-order chi connectivity index (χ1) is 8.97. The van der Waals surface area contributed by atoms with E-state index in [4.69, 9.17) is 0 Å². The van der Waals surface area contributed by atoms with Gasteiger partial charge in [-0.05, 0) is 33.0 Å². The highest BCUT2D eigenvalue weighted by Gasteiger charge is 2.14. The molecule has 0 heterocycles. The molecule has 0 aliphatic rings. The molecule has 1 rings (SSSR count). The van der Waals surface area contributed by atoms with Crippen LogP contribution in [0.5, 0.6) is 11.5 Å². The van der Waals surface area contributed by atoms with E-state index in [9.17, 15) is 10.2 Å². The SMILES string of the molecule is CCN(CC)CC(C)NC(C)c1ccc(O)cc1O. The Labute approximate surface area is 116 Å². The lowest BCUT2D eigenvalue weighted by Crippen LogP contribution is -2.40.